The second-order valence-corrected chi connectivity index (χ2v) is 6.30. The quantitative estimate of drug-likeness (QED) is 0.355. The highest BCUT2D eigenvalue weighted by molar-refractivity contribution is 6.46. The van der Waals surface area contributed by atoms with E-state index < -0.39 is 17.7 Å². The molecule has 1 unspecified atom stereocenters. The Kier molecular flexibility index (Phi) is 5.57. The highest BCUT2D eigenvalue weighted by Gasteiger charge is 2.45. The van der Waals surface area contributed by atoms with Crippen molar-refractivity contribution in [2.45, 2.75) is 12.5 Å². The third-order valence-corrected chi connectivity index (χ3v) is 4.52. The van der Waals surface area contributed by atoms with E-state index in [0.717, 1.165) is 0 Å². The Hall–Kier alpha value is -3.12. The Labute approximate surface area is 157 Å². The third kappa shape index (κ3) is 3.71. The van der Waals surface area contributed by atoms with Crippen LogP contribution in [0.2, 0.25) is 0 Å². The number of Topliss-reactive ketones (excluding diaryl/α,β-unsaturated/α-hetero) is 1. The number of aliphatic hydroxyl groups is 1. The molecular formula is C21H21NO5. The summed E-state index contributed by atoms with van der Waals surface area (Å²) in [5.74, 6) is -1.61. The van der Waals surface area contributed by atoms with Gasteiger partial charge >= 0.3 is 0 Å². The molecule has 1 fully saturated rings. The predicted molar refractivity (Wildman–Crippen MR) is 100 cm³/mol. The average molecular weight is 367 g/mol. The Morgan fingerprint density at radius 1 is 1.11 bits per heavy atom. The Morgan fingerprint density at radius 2 is 1.85 bits per heavy atom. The van der Waals surface area contributed by atoms with Crippen LogP contribution in [0.25, 0.3) is 5.76 Å². The van der Waals surface area contributed by atoms with Gasteiger partial charge in [-0.25, -0.2) is 0 Å². The van der Waals surface area contributed by atoms with Crippen molar-refractivity contribution < 1.29 is 24.5 Å². The van der Waals surface area contributed by atoms with Crippen molar-refractivity contribution in [2.75, 3.05) is 20.3 Å². The fourth-order valence-electron chi connectivity index (χ4n) is 3.28. The van der Waals surface area contributed by atoms with Gasteiger partial charge in [0.2, 0.25) is 0 Å². The monoisotopic (exact) mass is 367 g/mol. The lowest BCUT2D eigenvalue weighted by atomic mass is 9.95. The number of hydrogen-bond donors (Lipinski definition) is 2. The number of phenolic OH excluding ortho intramolecular Hbond substituents is 1. The molecule has 1 atom stereocenters. The SMILES string of the molecule is COCCCN1C(=O)C(=O)/C(=C(/O)c2ccccc2)C1c1cccc(O)c1. The standard InChI is InChI=1S/C21H21NO5/c1-27-12-6-11-22-18(15-9-5-10-16(23)13-15)17(20(25)21(22)26)19(24)14-7-3-2-4-8-14/h2-5,7-10,13,18,23-24H,6,11-12H2,1H3/b19-17+. The molecular weight excluding hydrogens is 346 g/mol. The van der Waals surface area contributed by atoms with Crippen LogP contribution in [0, 0.1) is 0 Å². The van der Waals surface area contributed by atoms with Crippen LogP contribution >= 0.6 is 0 Å². The van der Waals surface area contributed by atoms with Crippen molar-refractivity contribution in [1.82, 2.24) is 4.90 Å². The number of nitrogens with zero attached hydrogens (tertiary/aromatic N) is 1. The van der Waals surface area contributed by atoms with Crippen LogP contribution in [0.5, 0.6) is 5.75 Å². The van der Waals surface area contributed by atoms with E-state index in [1.54, 1.807) is 49.6 Å². The van der Waals surface area contributed by atoms with E-state index in [9.17, 15) is 19.8 Å². The second kappa shape index (κ2) is 8.05. The minimum absolute atomic E-state index is 0.0224. The van der Waals surface area contributed by atoms with Gasteiger partial charge in [-0.2, -0.15) is 0 Å². The Morgan fingerprint density at radius 3 is 2.52 bits per heavy atom. The average Bonchev–Trinajstić information content (AvgIpc) is 2.93. The number of aliphatic hydroxyl groups excluding tert-OH is 1. The number of ether oxygens (including phenoxy) is 1. The minimum atomic E-state index is -0.769. The number of amides is 1. The molecule has 0 bridgehead atoms. The van der Waals surface area contributed by atoms with E-state index in [0.29, 0.717) is 30.7 Å². The summed E-state index contributed by atoms with van der Waals surface area (Å²) in [5, 5.41) is 20.7. The number of benzene rings is 2. The summed E-state index contributed by atoms with van der Waals surface area (Å²) in [6.45, 7) is 0.735. The summed E-state index contributed by atoms with van der Waals surface area (Å²) in [4.78, 5) is 26.8. The van der Waals surface area contributed by atoms with Gasteiger partial charge in [0, 0.05) is 25.8 Å². The third-order valence-electron chi connectivity index (χ3n) is 4.52. The van der Waals surface area contributed by atoms with Gasteiger partial charge in [0.1, 0.15) is 11.5 Å². The molecule has 1 heterocycles. The maximum atomic E-state index is 12.7. The van der Waals surface area contributed by atoms with Crippen molar-refractivity contribution >= 4 is 17.4 Å². The smallest absolute Gasteiger partial charge is 0.295 e. The molecule has 1 amide bonds. The lowest BCUT2D eigenvalue weighted by Crippen LogP contribution is -2.31. The number of hydrogen-bond acceptors (Lipinski definition) is 5. The minimum Gasteiger partial charge on any atom is -0.508 e. The van der Waals surface area contributed by atoms with Gasteiger partial charge in [0.05, 0.1) is 11.6 Å². The second-order valence-electron chi connectivity index (χ2n) is 6.30. The van der Waals surface area contributed by atoms with Gasteiger partial charge in [-0.3, -0.25) is 9.59 Å². The molecule has 27 heavy (non-hydrogen) atoms. The van der Waals surface area contributed by atoms with Crippen molar-refractivity contribution in [2.24, 2.45) is 0 Å². The van der Waals surface area contributed by atoms with Gasteiger partial charge in [-0.15, -0.1) is 0 Å². The van der Waals surface area contributed by atoms with Gasteiger partial charge in [-0.1, -0.05) is 42.5 Å². The van der Waals surface area contributed by atoms with Crippen LogP contribution in [-0.2, 0) is 14.3 Å². The summed E-state index contributed by atoms with van der Waals surface area (Å²) < 4.78 is 5.04. The van der Waals surface area contributed by atoms with Gasteiger partial charge < -0.3 is 19.8 Å². The molecule has 0 spiro atoms. The zero-order chi connectivity index (χ0) is 19.4. The maximum Gasteiger partial charge on any atom is 0.295 e. The molecule has 140 valence electrons. The summed E-state index contributed by atoms with van der Waals surface area (Å²) in [7, 11) is 1.57. The van der Waals surface area contributed by atoms with Crippen LogP contribution in [0.3, 0.4) is 0 Å². The van der Waals surface area contributed by atoms with Crippen LogP contribution in [0.4, 0.5) is 0 Å². The number of aromatic hydroxyl groups is 1. The first-order valence-electron chi connectivity index (χ1n) is 8.66. The van der Waals surface area contributed by atoms with Crippen molar-refractivity contribution in [3.05, 3.63) is 71.3 Å². The van der Waals surface area contributed by atoms with Crippen molar-refractivity contribution in [1.29, 1.82) is 0 Å². The zero-order valence-electron chi connectivity index (χ0n) is 15.0. The molecule has 3 rings (SSSR count). The van der Waals surface area contributed by atoms with Crippen LogP contribution in [0.15, 0.2) is 60.2 Å². The molecule has 0 aromatic heterocycles. The van der Waals surface area contributed by atoms with Gasteiger partial charge in [0.25, 0.3) is 11.7 Å². The molecule has 0 radical (unpaired) electrons. The molecule has 0 aliphatic carbocycles. The number of likely N-dealkylation sites (tertiary alicyclic amines) is 1. The van der Waals surface area contributed by atoms with Crippen molar-refractivity contribution in [3.8, 4) is 5.75 Å². The van der Waals surface area contributed by atoms with Gasteiger partial charge in [-0.05, 0) is 24.1 Å². The lowest BCUT2D eigenvalue weighted by molar-refractivity contribution is -0.140. The molecule has 6 nitrogen and oxygen atoms in total. The normalized spacial score (nSPS) is 18.9. The number of rotatable bonds is 6. The number of carbonyl (C=O) groups is 2. The number of carbonyl (C=O) groups excluding carboxylic acids is 2. The summed E-state index contributed by atoms with van der Waals surface area (Å²) in [6, 6.07) is 14.2. The molecule has 1 aliphatic heterocycles. The van der Waals surface area contributed by atoms with E-state index in [4.69, 9.17) is 4.74 Å². The first-order chi connectivity index (χ1) is 13.0. The molecule has 2 aromatic carbocycles. The Balaban J connectivity index is 2.12. The van der Waals surface area contributed by atoms with Gasteiger partial charge in [0.15, 0.2) is 0 Å². The van der Waals surface area contributed by atoms with E-state index in [-0.39, 0.29) is 17.1 Å². The molecule has 2 aromatic rings. The summed E-state index contributed by atoms with van der Waals surface area (Å²) >= 11 is 0. The van der Waals surface area contributed by atoms with Crippen LogP contribution in [0.1, 0.15) is 23.6 Å². The van der Waals surface area contributed by atoms with E-state index in [1.165, 1.54) is 17.0 Å². The number of phenols is 1. The van der Waals surface area contributed by atoms with Crippen LogP contribution in [-0.4, -0.2) is 47.1 Å². The molecule has 2 N–H and O–H groups in total. The molecule has 0 saturated carbocycles. The number of ketones is 1. The first kappa shape index (κ1) is 18.7. The number of methoxy groups -OCH3 is 1. The zero-order valence-corrected chi connectivity index (χ0v) is 15.0. The fourth-order valence-corrected chi connectivity index (χ4v) is 3.28. The fraction of sp³-hybridized carbons (Fsp3) is 0.238. The largest absolute Gasteiger partial charge is 0.508 e. The summed E-state index contributed by atoms with van der Waals surface area (Å²) in [5.41, 5.74) is 1.04. The molecule has 6 heteroatoms. The maximum absolute atomic E-state index is 12.7. The first-order valence-corrected chi connectivity index (χ1v) is 8.66. The van der Waals surface area contributed by atoms with Crippen LogP contribution < -0.4 is 0 Å². The van der Waals surface area contributed by atoms with E-state index in [2.05, 4.69) is 0 Å². The topological polar surface area (TPSA) is 87.1 Å². The summed E-state index contributed by atoms with van der Waals surface area (Å²) in [6.07, 6.45) is 0.546. The van der Waals surface area contributed by atoms with E-state index >= 15 is 0 Å². The Bertz CT molecular complexity index is 875. The highest BCUT2D eigenvalue weighted by Crippen LogP contribution is 2.40. The molecule has 1 saturated heterocycles. The molecule has 1 aliphatic rings. The predicted octanol–water partition coefficient (Wildman–Crippen LogP) is 2.85. The van der Waals surface area contributed by atoms with Crippen molar-refractivity contribution in [3.63, 3.8) is 0 Å². The highest BCUT2D eigenvalue weighted by atomic mass is 16.5. The van der Waals surface area contributed by atoms with E-state index in [1.807, 2.05) is 0 Å². The lowest BCUT2D eigenvalue weighted by Gasteiger charge is -2.25.